The van der Waals surface area contributed by atoms with Crippen LogP contribution in [0.3, 0.4) is 0 Å². The van der Waals surface area contributed by atoms with E-state index in [1.54, 1.807) is 6.92 Å². The Morgan fingerprint density at radius 2 is 2.21 bits per heavy atom. The molecule has 0 aliphatic carbocycles. The largest absolute Gasteiger partial charge is 0.448 e. The van der Waals surface area contributed by atoms with Crippen LogP contribution in [-0.4, -0.2) is 27.7 Å². The number of carbonyl (C=O) groups is 1. The van der Waals surface area contributed by atoms with Gasteiger partial charge >= 0.3 is 6.09 Å². The van der Waals surface area contributed by atoms with Crippen molar-refractivity contribution in [3.63, 3.8) is 0 Å². The number of carbonyl (C=O) groups excluding carboxylic acids is 1. The number of nitriles is 1. The molecule has 0 spiro atoms. The van der Waals surface area contributed by atoms with E-state index in [0.717, 1.165) is 0 Å². The van der Waals surface area contributed by atoms with Crippen molar-refractivity contribution in [2.45, 2.75) is 11.8 Å². The smallest absolute Gasteiger partial charge is 0.404 e. The van der Waals surface area contributed by atoms with Crippen LogP contribution >= 0.6 is 0 Å². The molecule has 8 heteroatoms. The topological polar surface area (TPSA) is 122 Å². The molecule has 0 unspecified atom stereocenters. The van der Waals surface area contributed by atoms with Crippen molar-refractivity contribution < 1.29 is 17.9 Å². The average Bonchev–Trinajstić information content (AvgIpc) is 2.34. The average molecular weight is 283 g/mol. The summed E-state index contributed by atoms with van der Waals surface area (Å²) in [7, 11) is -3.71. The van der Waals surface area contributed by atoms with Crippen LogP contribution < -0.4 is 10.5 Å². The minimum Gasteiger partial charge on any atom is -0.448 e. The van der Waals surface area contributed by atoms with Crippen LogP contribution in [0.25, 0.3) is 0 Å². The number of ether oxygens (including phenoxy) is 1. The van der Waals surface area contributed by atoms with Gasteiger partial charge in [-0.05, 0) is 30.7 Å². The van der Waals surface area contributed by atoms with Crippen LogP contribution in [0, 0.1) is 18.3 Å². The first-order valence-corrected chi connectivity index (χ1v) is 6.78. The number of nitrogens with one attached hydrogen (secondary N) is 1. The summed E-state index contributed by atoms with van der Waals surface area (Å²) in [6.07, 6.45) is -0.964. The fourth-order valence-electron chi connectivity index (χ4n) is 1.43. The number of sulfonamides is 1. The number of amides is 1. The Hall–Kier alpha value is -2.11. The molecule has 0 aliphatic heterocycles. The summed E-state index contributed by atoms with van der Waals surface area (Å²) in [4.78, 5) is 10.4. The number of hydrogen-bond donors (Lipinski definition) is 2. The fraction of sp³-hybridized carbons (Fsp3) is 0.273. The number of nitrogens with zero attached hydrogens (tertiary/aromatic N) is 1. The molecule has 1 aromatic rings. The number of hydrogen-bond acceptors (Lipinski definition) is 5. The van der Waals surface area contributed by atoms with Gasteiger partial charge in [0.15, 0.2) is 0 Å². The first-order valence-electron chi connectivity index (χ1n) is 5.29. The Morgan fingerprint density at radius 3 is 2.74 bits per heavy atom. The second-order valence-corrected chi connectivity index (χ2v) is 5.39. The zero-order valence-electron chi connectivity index (χ0n) is 10.2. The Kier molecular flexibility index (Phi) is 4.86. The van der Waals surface area contributed by atoms with Gasteiger partial charge < -0.3 is 10.5 Å². The zero-order valence-corrected chi connectivity index (χ0v) is 11.0. The third kappa shape index (κ3) is 4.24. The van der Waals surface area contributed by atoms with Crippen molar-refractivity contribution in [2.24, 2.45) is 5.73 Å². The van der Waals surface area contributed by atoms with Gasteiger partial charge in [-0.25, -0.2) is 17.9 Å². The molecule has 7 nitrogen and oxygen atoms in total. The quantitative estimate of drug-likeness (QED) is 0.749. The lowest BCUT2D eigenvalue weighted by Gasteiger charge is -2.09. The van der Waals surface area contributed by atoms with Crippen LogP contribution in [0.2, 0.25) is 0 Å². The molecule has 0 atom stereocenters. The van der Waals surface area contributed by atoms with E-state index in [9.17, 15) is 13.2 Å². The van der Waals surface area contributed by atoms with Crippen molar-refractivity contribution in [3.05, 3.63) is 29.3 Å². The van der Waals surface area contributed by atoms with Gasteiger partial charge in [0.05, 0.1) is 16.5 Å². The number of nitrogens with two attached hydrogens (primary N) is 1. The van der Waals surface area contributed by atoms with Gasteiger partial charge in [0.25, 0.3) is 0 Å². The van der Waals surface area contributed by atoms with Crippen molar-refractivity contribution in [3.8, 4) is 6.07 Å². The normalized spacial score (nSPS) is 10.7. The van der Waals surface area contributed by atoms with Crippen LogP contribution in [0.15, 0.2) is 23.1 Å². The molecule has 3 N–H and O–H groups in total. The first kappa shape index (κ1) is 14.9. The summed E-state index contributed by atoms with van der Waals surface area (Å²) < 4.78 is 30.5. The Bertz CT molecular complexity index is 619. The van der Waals surface area contributed by atoms with Crippen LogP contribution in [0.1, 0.15) is 11.1 Å². The third-order valence-corrected chi connectivity index (χ3v) is 3.85. The monoisotopic (exact) mass is 283 g/mol. The molecule has 1 rings (SSSR count). The number of primary amides is 1. The maximum Gasteiger partial charge on any atom is 0.404 e. The van der Waals surface area contributed by atoms with E-state index in [4.69, 9.17) is 11.0 Å². The van der Waals surface area contributed by atoms with Crippen molar-refractivity contribution in [1.82, 2.24) is 4.72 Å². The van der Waals surface area contributed by atoms with Crippen molar-refractivity contribution >= 4 is 16.1 Å². The van der Waals surface area contributed by atoms with Crippen LogP contribution in [-0.2, 0) is 14.8 Å². The molecule has 19 heavy (non-hydrogen) atoms. The molecule has 102 valence electrons. The number of aryl methyl sites for hydroxylation is 1. The molecule has 1 aromatic carbocycles. The minimum atomic E-state index is -3.71. The number of rotatable bonds is 5. The van der Waals surface area contributed by atoms with E-state index < -0.39 is 16.1 Å². The van der Waals surface area contributed by atoms with E-state index in [2.05, 4.69) is 9.46 Å². The fourth-order valence-corrected chi connectivity index (χ4v) is 2.66. The third-order valence-electron chi connectivity index (χ3n) is 2.23. The Morgan fingerprint density at radius 1 is 1.53 bits per heavy atom. The molecule has 0 fully saturated rings. The summed E-state index contributed by atoms with van der Waals surface area (Å²) in [5, 5.41) is 8.71. The maximum absolute atomic E-state index is 11.9. The lowest BCUT2D eigenvalue weighted by Crippen LogP contribution is -2.29. The highest BCUT2D eigenvalue weighted by molar-refractivity contribution is 7.89. The van der Waals surface area contributed by atoms with Crippen LogP contribution in [0.5, 0.6) is 0 Å². The summed E-state index contributed by atoms with van der Waals surface area (Å²) in [6.45, 7) is 1.36. The zero-order chi connectivity index (χ0) is 14.5. The van der Waals surface area contributed by atoms with E-state index in [1.807, 2.05) is 6.07 Å². The van der Waals surface area contributed by atoms with E-state index in [1.165, 1.54) is 18.2 Å². The molecule has 0 saturated heterocycles. The highest BCUT2D eigenvalue weighted by atomic mass is 32.2. The molecule has 1 amide bonds. The first-order chi connectivity index (χ1) is 8.86. The minimum absolute atomic E-state index is 0.0746. The standard InChI is InChI=1S/C11H13N3O4S/c1-8-6-9(7-12)2-3-10(8)19(16,17)14-4-5-18-11(13)15/h2-3,6,14H,4-5H2,1H3,(H2,13,15). The SMILES string of the molecule is Cc1cc(C#N)ccc1S(=O)(=O)NCCOC(N)=O. The van der Waals surface area contributed by atoms with Gasteiger partial charge in [0, 0.05) is 6.54 Å². The number of benzene rings is 1. The highest BCUT2D eigenvalue weighted by Gasteiger charge is 2.16. The summed E-state index contributed by atoms with van der Waals surface area (Å²) >= 11 is 0. The highest BCUT2D eigenvalue weighted by Crippen LogP contribution is 2.16. The van der Waals surface area contributed by atoms with Gasteiger partial charge in [-0.2, -0.15) is 5.26 Å². The van der Waals surface area contributed by atoms with Gasteiger partial charge in [-0.1, -0.05) is 0 Å². The van der Waals surface area contributed by atoms with E-state index >= 15 is 0 Å². The van der Waals surface area contributed by atoms with Gasteiger partial charge in [-0.15, -0.1) is 0 Å². The summed E-state index contributed by atoms with van der Waals surface area (Å²) in [5.41, 5.74) is 5.58. The van der Waals surface area contributed by atoms with Crippen molar-refractivity contribution in [1.29, 1.82) is 5.26 Å². The van der Waals surface area contributed by atoms with Crippen molar-refractivity contribution in [2.75, 3.05) is 13.2 Å². The lowest BCUT2D eigenvalue weighted by atomic mass is 10.2. The predicted molar refractivity (Wildman–Crippen MR) is 66.6 cm³/mol. The van der Waals surface area contributed by atoms with Gasteiger partial charge in [0.2, 0.25) is 10.0 Å². The molecule has 0 bridgehead atoms. The lowest BCUT2D eigenvalue weighted by molar-refractivity contribution is 0.159. The molecular formula is C11H13N3O4S. The summed E-state index contributed by atoms with van der Waals surface area (Å²) in [5.74, 6) is 0. The van der Waals surface area contributed by atoms with Gasteiger partial charge in [0.1, 0.15) is 6.61 Å². The van der Waals surface area contributed by atoms with Crippen LogP contribution in [0.4, 0.5) is 4.79 Å². The molecule has 0 aromatic heterocycles. The predicted octanol–water partition coefficient (Wildman–Crippen LogP) is 0.240. The molecule has 0 radical (unpaired) electrons. The Balaban J connectivity index is 2.78. The molecule has 0 heterocycles. The molecule has 0 aliphatic rings. The Labute approximate surface area is 111 Å². The maximum atomic E-state index is 11.9. The second kappa shape index (κ2) is 6.17. The molecule has 0 saturated carbocycles. The van der Waals surface area contributed by atoms with Gasteiger partial charge in [-0.3, -0.25) is 0 Å². The molecular weight excluding hydrogens is 270 g/mol. The van der Waals surface area contributed by atoms with E-state index in [-0.39, 0.29) is 18.0 Å². The summed E-state index contributed by atoms with van der Waals surface area (Å²) in [6, 6.07) is 6.18. The second-order valence-electron chi connectivity index (χ2n) is 3.66. The van der Waals surface area contributed by atoms with E-state index in [0.29, 0.717) is 11.1 Å².